The lowest BCUT2D eigenvalue weighted by atomic mass is 10.1. The van der Waals surface area contributed by atoms with Crippen molar-refractivity contribution < 1.29 is 17.9 Å². The second-order valence-corrected chi connectivity index (χ2v) is 6.21. The number of methoxy groups -OCH3 is 1. The Morgan fingerprint density at radius 1 is 1.32 bits per heavy atom. The summed E-state index contributed by atoms with van der Waals surface area (Å²) in [6, 6.07) is 6.29. The van der Waals surface area contributed by atoms with Gasteiger partial charge in [-0.3, -0.25) is 4.79 Å². The third-order valence-corrected chi connectivity index (χ3v) is 4.10. The van der Waals surface area contributed by atoms with Gasteiger partial charge in [-0.2, -0.15) is 0 Å². The summed E-state index contributed by atoms with van der Waals surface area (Å²) in [4.78, 5) is 11.7. The summed E-state index contributed by atoms with van der Waals surface area (Å²) in [5.74, 6) is -0.158. The van der Waals surface area contributed by atoms with Crippen LogP contribution in [0.2, 0.25) is 0 Å². The van der Waals surface area contributed by atoms with E-state index in [1.807, 2.05) is 0 Å². The molecule has 5 nitrogen and oxygen atoms in total. The summed E-state index contributed by atoms with van der Waals surface area (Å²) in [5.41, 5.74) is 0.484. The molecule has 0 radical (unpaired) electrons. The molecule has 0 spiro atoms. The van der Waals surface area contributed by atoms with Gasteiger partial charge in [-0.15, -0.1) is 0 Å². The first kappa shape index (κ1) is 15.8. The number of rotatable bonds is 7. The van der Waals surface area contributed by atoms with E-state index in [1.165, 1.54) is 13.2 Å². The van der Waals surface area contributed by atoms with E-state index in [0.29, 0.717) is 5.56 Å². The zero-order valence-electron chi connectivity index (χ0n) is 11.3. The van der Waals surface area contributed by atoms with Crippen LogP contribution in [0.1, 0.15) is 19.4 Å². The molecule has 1 rings (SSSR count). The van der Waals surface area contributed by atoms with Gasteiger partial charge in [0.1, 0.15) is 6.61 Å². The van der Waals surface area contributed by atoms with Crippen molar-refractivity contribution in [2.75, 3.05) is 13.7 Å². The molecule has 0 aliphatic carbocycles. The number of benzene rings is 1. The Bertz CT molecular complexity index is 537. The zero-order valence-corrected chi connectivity index (χ0v) is 12.2. The second kappa shape index (κ2) is 6.79. The minimum Gasteiger partial charge on any atom is -0.377 e. The first-order valence-corrected chi connectivity index (χ1v) is 7.46. The number of Topliss-reactive ketones (excluding diaryl/α,β-unsaturated/α-hetero) is 1. The average Bonchev–Trinajstić information content (AvgIpc) is 2.28. The third-order valence-electron chi connectivity index (χ3n) is 2.35. The van der Waals surface area contributed by atoms with Crippen LogP contribution in [0, 0.1) is 0 Å². The average molecular weight is 285 g/mol. The van der Waals surface area contributed by atoms with Crippen molar-refractivity contribution in [3.05, 3.63) is 29.8 Å². The van der Waals surface area contributed by atoms with Crippen molar-refractivity contribution in [1.82, 2.24) is 4.72 Å². The van der Waals surface area contributed by atoms with E-state index in [4.69, 9.17) is 4.74 Å². The fourth-order valence-corrected chi connectivity index (χ4v) is 3.20. The molecule has 1 N–H and O–H groups in total. The van der Waals surface area contributed by atoms with Crippen LogP contribution >= 0.6 is 0 Å². The maximum Gasteiger partial charge on any atom is 0.241 e. The fourth-order valence-electron chi connectivity index (χ4n) is 1.71. The number of hydrogen-bond acceptors (Lipinski definition) is 4. The summed E-state index contributed by atoms with van der Waals surface area (Å²) in [6.45, 7) is 3.47. The van der Waals surface area contributed by atoms with Gasteiger partial charge in [-0.25, -0.2) is 13.1 Å². The smallest absolute Gasteiger partial charge is 0.241 e. The van der Waals surface area contributed by atoms with Crippen LogP contribution < -0.4 is 4.72 Å². The van der Waals surface area contributed by atoms with Crippen LogP contribution in [0.15, 0.2) is 29.2 Å². The van der Waals surface area contributed by atoms with Crippen LogP contribution in [-0.2, 0) is 26.0 Å². The van der Waals surface area contributed by atoms with E-state index in [-0.39, 0.29) is 29.7 Å². The highest BCUT2D eigenvalue weighted by Crippen LogP contribution is 2.16. The molecule has 0 atom stereocenters. The number of carbonyl (C=O) groups is 1. The second-order valence-electron chi connectivity index (χ2n) is 4.53. The van der Waals surface area contributed by atoms with Gasteiger partial charge in [0, 0.05) is 19.6 Å². The minimum absolute atomic E-state index is 0.0218. The molecule has 0 fully saturated rings. The summed E-state index contributed by atoms with van der Waals surface area (Å²) in [7, 11) is -2.16. The van der Waals surface area contributed by atoms with E-state index in [9.17, 15) is 13.2 Å². The molecular formula is C13H19NO4S. The topological polar surface area (TPSA) is 72.5 Å². The lowest BCUT2D eigenvalue weighted by Crippen LogP contribution is -2.31. The van der Waals surface area contributed by atoms with Crippen LogP contribution in [-0.4, -0.2) is 34.0 Å². The zero-order chi connectivity index (χ0) is 14.5. The maximum absolute atomic E-state index is 12.1. The van der Waals surface area contributed by atoms with E-state index >= 15 is 0 Å². The Labute approximate surface area is 114 Å². The molecule has 0 saturated heterocycles. The van der Waals surface area contributed by atoms with Gasteiger partial charge in [-0.05, 0) is 25.5 Å². The molecule has 1 aromatic rings. The van der Waals surface area contributed by atoms with Crippen LogP contribution in [0.5, 0.6) is 0 Å². The molecule has 0 saturated carbocycles. The van der Waals surface area contributed by atoms with Crippen molar-refractivity contribution in [2.45, 2.75) is 31.2 Å². The van der Waals surface area contributed by atoms with Crippen molar-refractivity contribution >= 4 is 15.8 Å². The summed E-state index contributed by atoms with van der Waals surface area (Å²) < 4.78 is 31.6. The number of carbonyl (C=O) groups excluding carboxylic acids is 1. The highest BCUT2D eigenvalue weighted by atomic mass is 32.2. The van der Waals surface area contributed by atoms with Crippen molar-refractivity contribution in [1.29, 1.82) is 0 Å². The molecule has 0 aliphatic heterocycles. The molecular weight excluding hydrogens is 266 g/mol. The lowest BCUT2D eigenvalue weighted by molar-refractivity contribution is -0.122. The molecule has 106 valence electrons. The largest absolute Gasteiger partial charge is 0.377 e. The molecule has 0 aliphatic rings. The lowest BCUT2D eigenvalue weighted by Gasteiger charge is -2.13. The Hall–Kier alpha value is -1.24. The van der Waals surface area contributed by atoms with Gasteiger partial charge in [-0.1, -0.05) is 18.2 Å². The van der Waals surface area contributed by atoms with Crippen molar-refractivity contribution in [3.8, 4) is 0 Å². The first-order valence-electron chi connectivity index (χ1n) is 5.97. The molecule has 0 amide bonds. The van der Waals surface area contributed by atoms with E-state index in [1.54, 1.807) is 32.0 Å². The highest BCUT2D eigenvalue weighted by molar-refractivity contribution is 7.89. The fraction of sp³-hybridized carbons (Fsp3) is 0.462. The van der Waals surface area contributed by atoms with Gasteiger partial charge in [0.25, 0.3) is 0 Å². The molecule has 19 heavy (non-hydrogen) atoms. The third kappa shape index (κ3) is 4.74. The van der Waals surface area contributed by atoms with Gasteiger partial charge < -0.3 is 4.74 Å². The summed E-state index contributed by atoms with van der Waals surface area (Å²) in [6.07, 6.45) is 0.0447. The quantitative estimate of drug-likeness (QED) is 0.815. The van der Waals surface area contributed by atoms with Crippen LogP contribution in [0.4, 0.5) is 0 Å². The standard InChI is InChI=1S/C13H19NO4S/c1-10(2)14-19(16,17)13-7-5-4-6-11(13)8-12(15)9-18-3/h4-7,10,14H,8-9H2,1-3H3. The highest BCUT2D eigenvalue weighted by Gasteiger charge is 2.20. The first-order chi connectivity index (χ1) is 8.86. The van der Waals surface area contributed by atoms with E-state index in [2.05, 4.69) is 4.72 Å². The summed E-state index contributed by atoms with van der Waals surface area (Å²) >= 11 is 0. The molecule has 0 bridgehead atoms. The number of nitrogens with one attached hydrogen (secondary N) is 1. The van der Waals surface area contributed by atoms with Crippen LogP contribution in [0.25, 0.3) is 0 Å². The van der Waals surface area contributed by atoms with Crippen molar-refractivity contribution in [3.63, 3.8) is 0 Å². The Morgan fingerprint density at radius 3 is 2.53 bits per heavy atom. The van der Waals surface area contributed by atoms with E-state index < -0.39 is 10.0 Å². The predicted octanol–water partition coefficient (Wildman–Crippen LogP) is 1.13. The monoisotopic (exact) mass is 285 g/mol. The number of sulfonamides is 1. The predicted molar refractivity (Wildman–Crippen MR) is 72.5 cm³/mol. The number of hydrogen-bond donors (Lipinski definition) is 1. The van der Waals surface area contributed by atoms with Gasteiger partial charge in [0.05, 0.1) is 4.90 Å². The Kier molecular flexibility index (Phi) is 5.65. The molecule has 0 aromatic heterocycles. The summed E-state index contributed by atoms with van der Waals surface area (Å²) in [5, 5.41) is 0. The minimum atomic E-state index is -3.59. The number of ether oxygens (including phenoxy) is 1. The van der Waals surface area contributed by atoms with Gasteiger partial charge in [0.2, 0.25) is 10.0 Å². The molecule has 0 unspecified atom stereocenters. The molecule has 1 aromatic carbocycles. The van der Waals surface area contributed by atoms with Gasteiger partial charge >= 0.3 is 0 Å². The Balaban J connectivity index is 3.05. The maximum atomic E-state index is 12.1. The van der Waals surface area contributed by atoms with E-state index in [0.717, 1.165) is 0 Å². The molecule has 6 heteroatoms. The normalized spacial score (nSPS) is 11.8. The van der Waals surface area contributed by atoms with Gasteiger partial charge in [0.15, 0.2) is 5.78 Å². The SMILES string of the molecule is COCC(=O)Cc1ccccc1S(=O)(=O)NC(C)C. The Morgan fingerprint density at radius 2 is 1.95 bits per heavy atom. The van der Waals surface area contributed by atoms with Crippen molar-refractivity contribution in [2.24, 2.45) is 0 Å². The van der Waals surface area contributed by atoms with Crippen LogP contribution in [0.3, 0.4) is 0 Å². The number of ketones is 1. The molecule has 0 heterocycles.